The van der Waals surface area contributed by atoms with E-state index in [0.717, 1.165) is 38.0 Å². The topological polar surface area (TPSA) is 75.4 Å². The predicted octanol–water partition coefficient (Wildman–Crippen LogP) is 3.62. The van der Waals surface area contributed by atoms with Crippen molar-refractivity contribution in [3.63, 3.8) is 0 Å². The van der Waals surface area contributed by atoms with Crippen molar-refractivity contribution >= 4 is 15.7 Å². The van der Waals surface area contributed by atoms with Gasteiger partial charge in [-0.2, -0.15) is 0 Å². The second-order valence-corrected chi connectivity index (χ2v) is 10.4. The molecule has 6 heteroatoms. The van der Waals surface area contributed by atoms with E-state index in [2.05, 4.69) is 58.2 Å². The average molecular weight is 416 g/mol. The first kappa shape index (κ1) is 21.8. The van der Waals surface area contributed by atoms with Crippen LogP contribution in [0.15, 0.2) is 54.6 Å². The lowest BCUT2D eigenvalue weighted by Crippen LogP contribution is -2.40. The van der Waals surface area contributed by atoms with Crippen molar-refractivity contribution in [2.75, 3.05) is 18.0 Å². The van der Waals surface area contributed by atoms with Crippen LogP contribution in [-0.2, 0) is 16.6 Å². The quantitative estimate of drug-likeness (QED) is 0.656. The number of benzene rings is 2. The third kappa shape index (κ3) is 5.59. The maximum atomic E-state index is 12.3. The van der Waals surface area contributed by atoms with Gasteiger partial charge in [-0.3, -0.25) is 0 Å². The van der Waals surface area contributed by atoms with Crippen molar-refractivity contribution in [1.82, 2.24) is 4.72 Å². The molecule has 29 heavy (non-hydrogen) atoms. The lowest BCUT2D eigenvalue weighted by atomic mass is 9.94. The lowest BCUT2D eigenvalue weighted by molar-refractivity contribution is 0.519. The van der Waals surface area contributed by atoms with Crippen molar-refractivity contribution < 1.29 is 8.42 Å². The van der Waals surface area contributed by atoms with E-state index in [1.165, 1.54) is 11.1 Å². The molecule has 0 radical (unpaired) electrons. The van der Waals surface area contributed by atoms with Crippen LogP contribution in [0.1, 0.15) is 50.2 Å². The number of nitrogens with two attached hydrogens (primary N) is 1. The van der Waals surface area contributed by atoms with Crippen molar-refractivity contribution in [3.05, 3.63) is 65.7 Å². The van der Waals surface area contributed by atoms with Crippen LogP contribution in [-0.4, -0.2) is 32.8 Å². The molecular weight excluding hydrogens is 382 g/mol. The summed E-state index contributed by atoms with van der Waals surface area (Å²) in [6, 6.07) is 18.9. The van der Waals surface area contributed by atoms with Crippen LogP contribution in [0, 0.1) is 0 Å². The highest BCUT2D eigenvalue weighted by Crippen LogP contribution is 2.36. The Labute approximate surface area is 175 Å². The van der Waals surface area contributed by atoms with Crippen LogP contribution >= 0.6 is 0 Å². The molecule has 1 aliphatic carbocycles. The van der Waals surface area contributed by atoms with Crippen LogP contribution in [0.4, 0.5) is 5.69 Å². The molecule has 0 unspecified atom stereocenters. The molecule has 0 bridgehead atoms. The van der Waals surface area contributed by atoms with E-state index in [1.54, 1.807) is 13.8 Å². The van der Waals surface area contributed by atoms with Gasteiger partial charge in [0.2, 0.25) is 10.0 Å². The average Bonchev–Trinajstić information content (AvgIpc) is 3.16. The molecule has 2 aromatic carbocycles. The maximum Gasteiger partial charge on any atom is 0.214 e. The van der Waals surface area contributed by atoms with Crippen LogP contribution in [0.5, 0.6) is 0 Å². The molecule has 0 aromatic heterocycles. The van der Waals surface area contributed by atoms with Gasteiger partial charge >= 0.3 is 0 Å². The zero-order valence-electron chi connectivity index (χ0n) is 17.4. The molecule has 2 atom stereocenters. The summed E-state index contributed by atoms with van der Waals surface area (Å²) in [5.74, 6) is 0.231. The zero-order chi connectivity index (χ0) is 20.9. The SMILES string of the molecule is CC(C)S(=O)(=O)N[C@@H]1CCC[C@@H]1c1ccc(N(CCN)Cc2ccccc2)cc1. The fraction of sp³-hybridized carbons (Fsp3) is 0.478. The summed E-state index contributed by atoms with van der Waals surface area (Å²) in [7, 11) is -3.26. The van der Waals surface area contributed by atoms with Gasteiger partial charge in [0.05, 0.1) is 5.25 Å². The van der Waals surface area contributed by atoms with Crippen LogP contribution < -0.4 is 15.4 Å². The summed E-state index contributed by atoms with van der Waals surface area (Å²) in [6.07, 6.45) is 2.96. The van der Waals surface area contributed by atoms with E-state index in [4.69, 9.17) is 5.73 Å². The maximum absolute atomic E-state index is 12.3. The van der Waals surface area contributed by atoms with Gasteiger partial charge in [0.1, 0.15) is 0 Å². The standard InChI is InChI=1S/C23H33N3O2S/c1-18(2)29(27,28)25-23-10-6-9-22(23)20-11-13-21(14-12-20)26(16-15-24)17-19-7-4-3-5-8-19/h3-5,7-8,11-14,18,22-23,25H,6,9-10,15-17,24H2,1-2H3/t22-,23-/m1/s1. The first-order valence-corrected chi connectivity index (χ1v) is 12.1. The zero-order valence-corrected chi connectivity index (χ0v) is 18.2. The number of sulfonamides is 1. The summed E-state index contributed by atoms with van der Waals surface area (Å²) in [6.45, 7) is 5.64. The van der Waals surface area contributed by atoms with E-state index in [1.807, 2.05) is 6.07 Å². The van der Waals surface area contributed by atoms with Gasteiger partial charge in [-0.25, -0.2) is 13.1 Å². The Morgan fingerprint density at radius 1 is 1.07 bits per heavy atom. The molecule has 1 aliphatic rings. The van der Waals surface area contributed by atoms with E-state index in [0.29, 0.717) is 6.54 Å². The van der Waals surface area contributed by atoms with E-state index < -0.39 is 15.3 Å². The molecule has 2 aromatic rings. The Morgan fingerprint density at radius 3 is 2.38 bits per heavy atom. The summed E-state index contributed by atoms with van der Waals surface area (Å²) < 4.78 is 27.6. The van der Waals surface area contributed by atoms with Gasteiger partial charge in [-0.15, -0.1) is 0 Å². The van der Waals surface area contributed by atoms with Crippen molar-refractivity contribution in [2.45, 2.75) is 56.9 Å². The fourth-order valence-corrected chi connectivity index (χ4v) is 5.01. The van der Waals surface area contributed by atoms with Gasteiger partial charge < -0.3 is 10.6 Å². The van der Waals surface area contributed by atoms with E-state index in [-0.39, 0.29) is 12.0 Å². The molecule has 3 N–H and O–H groups in total. The van der Waals surface area contributed by atoms with E-state index >= 15 is 0 Å². The molecule has 0 amide bonds. The van der Waals surface area contributed by atoms with Crippen molar-refractivity contribution in [3.8, 4) is 0 Å². The number of rotatable bonds is 9. The second-order valence-electron chi connectivity index (χ2n) is 8.14. The normalized spacial score (nSPS) is 19.6. The van der Waals surface area contributed by atoms with Gasteiger partial charge in [-0.1, -0.05) is 48.9 Å². The number of nitrogens with one attached hydrogen (secondary N) is 1. The molecule has 1 fully saturated rings. The Kier molecular flexibility index (Phi) is 7.33. The molecule has 0 saturated heterocycles. The second kappa shape index (κ2) is 9.74. The van der Waals surface area contributed by atoms with Gasteiger partial charge in [0.25, 0.3) is 0 Å². The molecule has 0 aliphatic heterocycles. The Bertz CT molecular complexity index is 867. The first-order chi connectivity index (χ1) is 13.9. The highest BCUT2D eigenvalue weighted by atomic mass is 32.2. The van der Waals surface area contributed by atoms with Gasteiger partial charge in [0, 0.05) is 37.3 Å². The number of hydrogen-bond donors (Lipinski definition) is 2. The number of anilines is 1. The highest BCUT2D eigenvalue weighted by molar-refractivity contribution is 7.90. The highest BCUT2D eigenvalue weighted by Gasteiger charge is 2.32. The molecule has 5 nitrogen and oxygen atoms in total. The molecular formula is C23H33N3O2S. The Balaban J connectivity index is 1.74. The summed E-state index contributed by atoms with van der Waals surface area (Å²) in [5, 5.41) is -0.408. The Hall–Kier alpha value is -1.89. The smallest absolute Gasteiger partial charge is 0.214 e. The minimum absolute atomic E-state index is 0.0160. The summed E-state index contributed by atoms with van der Waals surface area (Å²) >= 11 is 0. The monoisotopic (exact) mass is 415 g/mol. The largest absolute Gasteiger partial charge is 0.366 e. The van der Waals surface area contributed by atoms with Crippen LogP contribution in [0.2, 0.25) is 0 Å². The minimum atomic E-state index is -3.26. The molecule has 1 saturated carbocycles. The van der Waals surface area contributed by atoms with Gasteiger partial charge in [0.15, 0.2) is 0 Å². The number of nitrogens with zero attached hydrogens (tertiary/aromatic N) is 1. The van der Waals surface area contributed by atoms with Crippen LogP contribution in [0.3, 0.4) is 0 Å². The fourth-order valence-electron chi connectivity index (χ4n) is 4.04. The van der Waals surface area contributed by atoms with Crippen molar-refractivity contribution in [1.29, 1.82) is 0 Å². The molecule has 0 heterocycles. The molecule has 3 rings (SSSR count). The first-order valence-electron chi connectivity index (χ1n) is 10.5. The number of hydrogen-bond acceptors (Lipinski definition) is 4. The van der Waals surface area contributed by atoms with E-state index in [9.17, 15) is 8.42 Å². The molecule has 158 valence electrons. The van der Waals surface area contributed by atoms with Crippen LogP contribution in [0.25, 0.3) is 0 Å². The van der Waals surface area contributed by atoms with Gasteiger partial charge in [-0.05, 0) is 49.9 Å². The third-order valence-electron chi connectivity index (χ3n) is 5.75. The third-order valence-corrected chi connectivity index (χ3v) is 7.63. The van der Waals surface area contributed by atoms with Crippen molar-refractivity contribution in [2.24, 2.45) is 5.73 Å². The Morgan fingerprint density at radius 2 is 1.76 bits per heavy atom. The minimum Gasteiger partial charge on any atom is -0.366 e. The lowest BCUT2D eigenvalue weighted by Gasteiger charge is -2.26. The molecule has 0 spiro atoms. The predicted molar refractivity (Wildman–Crippen MR) is 121 cm³/mol. The summed E-state index contributed by atoms with van der Waals surface area (Å²) in [5.41, 5.74) is 9.44. The summed E-state index contributed by atoms with van der Waals surface area (Å²) in [4.78, 5) is 2.28.